The summed E-state index contributed by atoms with van der Waals surface area (Å²) in [6.07, 6.45) is 1.54. The summed E-state index contributed by atoms with van der Waals surface area (Å²) >= 11 is 0. The highest BCUT2D eigenvalue weighted by Gasteiger charge is 2.19. The summed E-state index contributed by atoms with van der Waals surface area (Å²) in [6, 6.07) is 33.0. The van der Waals surface area contributed by atoms with Gasteiger partial charge in [-0.3, -0.25) is 14.9 Å². The van der Waals surface area contributed by atoms with Crippen LogP contribution in [0.15, 0.2) is 120 Å². The number of carbonyl (C=O) groups is 1. The Labute approximate surface area is 217 Å². The van der Waals surface area contributed by atoms with Gasteiger partial charge in [0.05, 0.1) is 22.5 Å². The van der Waals surface area contributed by atoms with Crippen molar-refractivity contribution in [3.8, 4) is 28.2 Å². The number of aromatic nitrogens is 1. The summed E-state index contributed by atoms with van der Waals surface area (Å²) in [4.78, 5) is 23.3. The molecule has 186 valence electrons. The smallest absolute Gasteiger partial charge is 0.271 e. The maximum Gasteiger partial charge on any atom is 0.271 e. The fourth-order valence-corrected chi connectivity index (χ4v) is 4.19. The molecule has 1 amide bonds. The van der Waals surface area contributed by atoms with Crippen LogP contribution >= 0.6 is 0 Å². The Morgan fingerprint density at radius 2 is 1.50 bits per heavy atom. The topological polar surface area (TPSA) is 89.5 Å². The van der Waals surface area contributed by atoms with Crippen LogP contribution in [0, 0.1) is 15.9 Å². The molecule has 0 radical (unpaired) electrons. The minimum Gasteiger partial charge on any atom is -0.309 e. The van der Waals surface area contributed by atoms with Crippen molar-refractivity contribution in [1.82, 2.24) is 9.99 Å². The molecule has 0 fully saturated rings. The molecule has 1 aromatic heterocycles. The zero-order chi connectivity index (χ0) is 26.5. The van der Waals surface area contributed by atoms with E-state index >= 15 is 0 Å². The first-order valence-electron chi connectivity index (χ1n) is 11.7. The van der Waals surface area contributed by atoms with Gasteiger partial charge in [-0.2, -0.15) is 5.10 Å². The van der Waals surface area contributed by atoms with E-state index in [1.165, 1.54) is 36.5 Å². The molecule has 8 heteroatoms. The summed E-state index contributed by atoms with van der Waals surface area (Å²) in [5.74, 6) is -1.05. The van der Waals surface area contributed by atoms with Gasteiger partial charge in [0.1, 0.15) is 5.82 Å². The van der Waals surface area contributed by atoms with Crippen LogP contribution in [0.4, 0.5) is 10.1 Å². The quantitative estimate of drug-likeness (QED) is 0.153. The standard InChI is InChI=1S/C30H21FN4O3/c31-25-13-7-12-23(18-25)30(36)33-32-20-24-19-28(21-8-3-1-4-9-21)34(29(24)22-10-5-2-6-11-22)26-14-16-27(17-15-26)35(37)38/h1-20H,(H,33,36)/b32-20-. The molecule has 5 aromatic rings. The summed E-state index contributed by atoms with van der Waals surface area (Å²) < 4.78 is 15.5. The number of halogens is 1. The number of amides is 1. The SMILES string of the molecule is O=C(N/N=C\c1cc(-c2ccccc2)n(-c2ccc([N+](=O)[O-])cc2)c1-c1ccccc1)c1cccc(F)c1. The predicted molar refractivity (Wildman–Crippen MR) is 145 cm³/mol. The Morgan fingerprint density at radius 3 is 2.13 bits per heavy atom. The highest BCUT2D eigenvalue weighted by molar-refractivity contribution is 5.97. The first-order chi connectivity index (χ1) is 18.5. The lowest BCUT2D eigenvalue weighted by molar-refractivity contribution is -0.384. The Kier molecular flexibility index (Phi) is 6.86. The van der Waals surface area contributed by atoms with Crippen molar-refractivity contribution in [3.63, 3.8) is 0 Å². The zero-order valence-corrected chi connectivity index (χ0v) is 20.0. The molecular formula is C30H21FN4O3. The maximum atomic E-state index is 13.5. The number of hydrogen-bond donors (Lipinski definition) is 1. The first kappa shape index (κ1) is 24.3. The number of non-ortho nitro benzene ring substituents is 1. The lowest BCUT2D eigenvalue weighted by Crippen LogP contribution is -2.17. The molecule has 0 aliphatic heterocycles. The van der Waals surface area contributed by atoms with Crippen LogP contribution in [0.25, 0.3) is 28.2 Å². The van der Waals surface area contributed by atoms with Crippen molar-refractivity contribution in [2.75, 3.05) is 0 Å². The van der Waals surface area contributed by atoms with E-state index in [1.54, 1.807) is 12.1 Å². The molecule has 0 atom stereocenters. The number of hydrogen-bond acceptors (Lipinski definition) is 4. The minimum absolute atomic E-state index is 0.00900. The monoisotopic (exact) mass is 504 g/mol. The van der Waals surface area contributed by atoms with Crippen LogP contribution in [0.3, 0.4) is 0 Å². The first-order valence-corrected chi connectivity index (χ1v) is 11.7. The normalized spacial score (nSPS) is 11.0. The molecule has 7 nitrogen and oxygen atoms in total. The van der Waals surface area contributed by atoms with Gasteiger partial charge in [-0.25, -0.2) is 9.82 Å². The summed E-state index contributed by atoms with van der Waals surface area (Å²) in [5.41, 5.74) is 7.44. The predicted octanol–water partition coefficient (Wildman–Crippen LogP) is 6.62. The summed E-state index contributed by atoms with van der Waals surface area (Å²) in [7, 11) is 0. The highest BCUT2D eigenvalue weighted by atomic mass is 19.1. The van der Waals surface area contributed by atoms with Gasteiger partial charge in [-0.1, -0.05) is 66.7 Å². The van der Waals surface area contributed by atoms with Crippen molar-refractivity contribution >= 4 is 17.8 Å². The van der Waals surface area contributed by atoms with Crippen LogP contribution in [-0.2, 0) is 0 Å². The summed E-state index contributed by atoms with van der Waals surface area (Å²) in [5, 5.41) is 15.4. The third kappa shape index (κ3) is 5.10. The number of carbonyl (C=O) groups excluding carboxylic acids is 1. The van der Waals surface area contributed by atoms with E-state index in [2.05, 4.69) is 10.5 Å². The van der Waals surface area contributed by atoms with E-state index in [0.29, 0.717) is 5.56 Å². The number of nitro groups is 1. The van der Waals surface area contributed by atoms with E-state index in [9.17, 15) is 19.3 Å². The molecule has 0 aliphatic carbocycles. The lowest BCUT2D eigenvalue weighted by Gasteiger charge is -2.15. The fraction of sp³-hybridized carbons (Fsp3) is 0. The van der Waals surface area contributed by atoms with Crippen LogP contribution in [0.5, 0.6) is 0 Å². The fourth-order valence-electron chi connectivity index (χ4n) is 4.19. The second kappa shape index (κ2) is 10.7. The third-order valence-corrected chi connectivity index (χ3v) is 5.92. The van der Waals surface area contributed by atoms with Crippen molar-refractivity contribution < 1.29 is 14.1 Å². The number of nitro benzene ring substituents is 1. The van der Waals surface area contributed by atoms with E-state index in [4.69, 9.17) is 0 Å². The lowest BCUT2D eigenvalue weighted by atomic mass is 10.1. The second-order valence-electron chi connectivity index (χ2n) is 8.38. The van der Waals surface area contributed by atoms with Crippen LogP contribution in [-0.4, -0.2) is 21.6 Å². The van der Waals surface area contributed by atoms with Crippen LogP contribution in [0.1, 0.15) is 15.9 Å². The van der Waals surface area contributed by atoms with Gasteiger partial charge in [0, 0.05) is 28.9 Å². The Morgan fingerprint density at radius 1 is 0.842 bits per heavy atom. The molecule has 0 spiro atoms. The molecule has 4 aromatic carbocycles. The molecule has 0 aliphatic rings. The number of hydrazone groups is 1. The van der Waals surface area contributed by atoms with Crippen molar-refractivity contribution in [2.24, 2.45) is 5.10 Å². The van der Waals surface area contributed by atoms with Gasteiger partial charge in [-0.15, -0.1) is 0 Å². The Hall–Kier alpha value is -5.37. The van der Waals surface area contributed by atoms with Gasteiger partial charge in [0.2, 0.25) is 0 Å². The van der Waals surface area contributed by atoms with E-state index in [-0.39, 0.29) is 11.3 Å². The number of nitrogens with one attached hydrogen (secondary N) is 1. The number of rotatable bonds is 7. The third-order valence-electron chi connectivity index (χ3n) is 5.92. The van der Waals surface area contributed by atoms with Crippen LogP contribution < -0.4 is 5.43 Å². The zero-order valence-electron chi connectivity index (χ0n) is 20.0. The molecular weight excluding hydrogens is 483 g/mol. The van der Waals surface area contributed by atoms with Gasteiger partial charge in [-0.05, 0) is 47.5 Å². The minimum atomic E-state index is -0.542. The van der Waals surface area contributed by atoms with Gasteiger partial charge in [0.15, 0.2) is 0 Å². The molecule has 0 saturated heterocycles. The average molecular weight is 505 g/mol. The van der Waals surface area contributed by atoms with E-state index in [0.717, 1.165) is 34.3 Å². The number of nitrogens with zero attached hydrogens (tertiary/aromatic N) is 3. The Bertz CT molecular complexity index is 1630. The molecule has 0 unspecified atom stereocenters. The molecule has 1 N–H and O–H groups in total. The van der Waals surface area contributed by atoms with E-state index < -0.39 is 16.6 Å². The van der Waals surface area contributed by atoms with Crippen molar-refractivity contribution in [2.45, 2.75) is 0 Å². The van der Waals surface area contributed by atoms with Crippen molar-refractivity contribution in [1.29, 1.82) is 0 Å². The van der Waals surface area contributed by atoms with Crippen molar-refractivity contribution in [3.05, 3.63) is 142 Å². The molecule has 0 saturated carbocycles. The van der Waals surface area contributed by atoms with Gasteiger partial charge in [0.25, 0.3) is 11.6 Å². The van der Waals surface area contributed by atoms with Gasteiger partial charge < -0.3 is 4.57 Å². The number of benzene rings is 4. The highest BCUT2D eigenvalue weighted by Crippen LogP contribution is 2.35. The summed E-state index contributed by atoms with van der Waals surface area (Å²) in [6.45, 7) is 0. The largest absolute Gasteiger partial charge is 0.309 e. The van der Waals surface area contributed by atoms with E-state index in [1.807, 2.05) is 71.3 Å². The molecule has 5 rings (SSSR count). The maximum absolute atomic E-state index is 13.5. The Balaban J connectivity index is 1.64. The molecule has 0 bridgehead atoms. The van der Waals surface area contributed by atoms with Crippen LogP contribution in [0.2, 0.25) is 0 Å². The molecule has 38 heavy (non-hydrogen) atoms. The van der Waals surface area contributed by atoms with Gasteiger partial charge >= 0.3 is 0 Å². The average Bonchev–Trinajstić information content (AvgIpc) is 3.33. The second-order valence-corrected chi connectivity index (χ2v) is 8.38. The molecule has 1 heterocycles.